The molecule has 2 nitrogen and oxygen atoms in total. The van der Waals surface area contributed by atoms with Crippen LogP contribution in [0.5, 0.6) is 0 Å². The number of benzene rings is 7. The van der Waals surface area contributed by atoms with Gasteiger partial charge in [-0.1, -0.05) is 82.7 Å². The second kappa shape index (κ2) is 10.3. The van der Waals surface area contributed by atoms with Crippen LogP contribution < -0.4 is 10.4 Å². The third kappa shape index (κ3) is 4.13. The first-order valence-electron chi connectivity index (χ1n) is 14.9. The van der Waals surface area contributed by atoms with Gasteiger partial charge < -0.3 is 0 Å². The Labute approximate surface area is 269 Å². The molecule has 0 saturated carbocycles. The van der Waals surface area contributed by atoms with Crippen LogP contribution in [0.15, 0.2) is 115 Å². The minimum atomic E-state index is 0.648. The summed E-state index contributed by atoms with van der Waals surface area (Å²) in [6.07, 6.45) is 0. The molecule has 0 aromatic heterocycles. The van der Waals surface area contributed by atoms with E-state index in [2.05, 4.69) is 121 Å². The lowest BCUT2D eigenvalue weighted by molar-refractivity contribution is 1.48. The maximum absolute atomic E-state index is 9.49. The highest BCUT2D eigenvalue weighted by Crippen LogP contribution is 2.45. The third-order valence-electron chi connectivity index (χ3n) is 9.27. The molecule has 0 aliphatic heterocycles. The Morgan fingerprint density at radius 1 is 0.511 bits per heavy atom. The molecular formula is C42H25BrN2. The van der Waals surface area contributed by atoms with Crippen molar-refractivity contribution in [3.05, 3.63) is 142 Å². The van der Waals surface area contributed by atoms with Gasteiger partial charge in [-0.25, -0.2) is 0 Å². The van der Waals surface area contributed by atoms with Gasteiger partial charge in [0.05, 0.1) is 23.3 Å². The van der Waals surface area contributed by atoms with Gasteiger partial charge in [-0.3, -0.25) is 0 Å². The summed E-state index contributed by atoms with van der Waals surface area (Å²) in [7, 11) is 0. The highest BCUT2D eigenvalue weighted by molar-refractivity contribution is 9.14. The maximum Gasteiger partial charge on any atom is 0.0991 e. The lowest BCUT2D eigenvalue weighted by Crippen LogP contribution is -2.27. The lowest BCUT2D eigenvalue weighted by Gasteiger charge is -2.18. The first-order chi connectivity index (χ1) is 22.0. The number of fused-ring (bicyclic) bond motifs is 8. The fraction of sp³-hybridized carbons (Fsp3) is 0.0476. The van der Waals surface area contributed by atoms with Crippen molar-refractivity contribution in [1.82, 2.24) is 0 Å². The van der Waals surface area contributed by atoms with Crippen molar-refractivity contribution in [2.24, 2.45) is 0 Å². The van der Waals surface area contributed by atoms with E-state index in [-0.39, 0.29) is 0 Å². The molecule has 8 rings (SSSR count). The second-order valence-electron chi connectivity index (χ2n) is 11.7. The zero-order chi connectivity index (χ0) is 30.8. The molecule has 0 amide bonds. The summed E-state index contributed by atoms with van der Waals surface area (Å²) in [5, 5.41) is 28.5. The fourth-order valence-electron chi connectivity index (χ4n) is 7.11. The molecule has 7 aromatic rings. The van der Waals surface area contributed by atoms with Crippen molar-refractivity contribution >= 4 is 58.3 Å². The van der Waals surface area contributed by atoms with Crippen molar-refractivity contribution in [2.75, 3.05) is 0 Å². The summed E-state index contributed by atoms with van der Waals surface area (Å²) in [5.74, 6) is 0. The summed E-state index contributed by atoms with van der Waals surface area (Å²) in [5.41, 5.74) is 10.8. The molecule has 0 N–H and O–H groups in total. The molecular weight excluding hydrogens is 612 g/mol. The second-order valence-corrected chi connectivity index (χ2v) is 12.9. The number of hydrogen-bond acceptors (Lipinski definition) is 2. The minimum absolute atomic E-state index is 0.648. The van der Waals surface area contributed by atoms with E-state index in [1.54, 1.807) is 0 Å². The molecule has 0 bridgehead atoms. The Kier molecular flexibility index (Phi) is 6.21. The zero-order valence-corrected chi connectivity index (χ0v) is 26.3. The normalized spacial score (nSPS) is 12.6. The van der Waals surface area contributed by atoms with Crippen LogP contribution in [-0.2, 0) is 0 Å². The van der Waals surface area contributed by atoms with Gasteiger partial charge in [0, 0.05) is 0 Å². The number of nitrogens with zero attached hydrogens (tertiary/aromatic N) is 2. The van der Waals surface area contributed by atoms with Crippen LogP contribution in [0.4, 0.5) is 0 Å². The molecule has 0 fully saturated rings. The number of nitriles is 2. The van der Waals surface area contributed by atoms with Crippen LogP contribution >= 0.6 is 15.9 Å². The van der Waals surface area contributed by atoms with E-state index in [1.807, 2.05) is 36.4 Å². The summed E-state index contributed by atoms with van der Waals surface area (Å²) < 4.78 is 1.12. The van der Waals surface area contributed by atoms with Crippen molar-refractivity contribution in [3.63, 3.8) is 0 Å². The van der Waals surface area contributed by atoms with E-state index >= 15 is 0 Å². The largest absolute Gasteiger partial charge is 0.192 e. The quantitative estimate of drug-likeness (QED) is 0.177. The Balaban J connectivity index is 1.55. The van der Waals surface area contributed by atoms with Crippen LogP contribution in [0.25, 0.3) is 75.8 Å². The van der Waals surface area contributed by atoms with Gasteiger partial charge in [0.1, 0.15) is 0 Å². The van der Waals surface area contributed by atoms with Gasteiger partial charge in [0.25, 0.3) is 0 Å². The summed E-state index contributed by atoms with van der Waals surface area (Å²) in [6, 6.07) is 44.9. The summed E-state index contributed by atoms with van der Waals surface area (Å²) in [6.45, 7) is 4.34. The first kappa shape index (κ1) is 27.1. The third-order valence-corrected chi connectivity index (χ3v) is 9.69. The molecule has 0 saturated heterocycles. The summed E-state index contributed by atoms with van der Waals surface area (Å²) >= 11 is 3.76. The number of hydrogen-bond donors (Lipinski definition) is 0. The van der Waals surface area contributed by atoms with Gasteiger partial charge in [-0.2, -0.15) is 10.5 Å². The Bertz CT molecular complexity index is 2610. The molecule has 1 aliphatic rings. The molecule has 3 heteroatoms. The van der Waals surface area contributed by atoms with Crippen molar-refractivity contribution in [2.45, 2.75) is 13.8 Å². The van der Waals surface area contributed by atoms with E-state index in [4.69, 9.17) is 0 Å². The van der Waals surface area contributed by atoms with Gasteiger partial charge in [-0.05, 0) is 154 Å². The number of halogens is 1. The Hall–Kier alpha value is -5.48. The van der Waals surface area contributed by atoms with E-state index in [0.29, 0.717) is 11.1 Å². The average Bonchev–Trinajstić information content (AvgIpc) is 3.37. The van der Waals surface area contributed by atoms with Crippen molar-refractivity contribution in [3.8, 4) is 45.5 Å². The van der Waals surface area contributed by atoms with E-state index in [1.165, 1.54) is 65.0 Å². The van der Waals surface area contributed by atoms with Gasteiger partial charge >= 0.3 is 0 Å². The molecule has 210 valence electrons. The zero-order valence-electron chi connectivity index (χ0n) is 24.7. The topological polar surface area (TPSA) is 47.6 Å². The monoisotopic (exact) mass is 636 g/mol. The van der Waals surface area contributed by atoms with Crippen LogP contribution in [0.1, 0.15) is 30.5 Å². The average molecular weight is 638 g/mol. The lowest BCUT2D eigenvalue weighted by atomic mass is 9.85. The van der Waals surface area contributed by atoms with Crippen molar-refractivity contribution in [1.29, 1.82) is 10.5 Å². The molecule has 0 atom stereocenters. The molecule has 7 aromatic carbocycles. The fourth-order valence-corrected chi connectivity index (χ4v) is 7.44. The molecule has 0 radical (unpaired) electrons. The molecule has 0 unspecified atom stereocenters. The van der Waals surface area contributed by atoms with Gasteiger partial charge in [-0.15, -0.1) is 0 Å². The molecule has 0 heterocycles. The first-order valence-corrected chi connectivity index (χ1v) is 15.7. The van der Waals surface area contributed by atoms with Gasteiger partial charge in [0.2, 0.25) is 0 Å². The van der Waals surface area contributed by atoms with Crippen molar-refractivity contribution < 1.29 is 0 Å². The standard InChI is InChI=1S/C42H25BrN2/c1-24-34-18-40-39(21-38(34)33-9-5-8-30(25(2)43)42(24)33)36(29-16-12-27(23-45)13-17-29)20-37-32-7-4-3-6-31(32)35(19-41(37)40)28-14-10-26(22-44)11-15-28/h3-21H,1-2H3/b30-25+. The van der Waals surface area contributed by atoms with Crippen LogP contribution in [0.2, 0.25) is 0 Å². The SMILES string of the molecule is CC1=c2c(ccc/c2=C(/C)Br)-c2cc3c(-c4ccc(C#N)cc4)cc4c5ccccc5c(-c5ccc(C#N)cc5)cc4c3cc21. The highest BCUT2D eigenvalue weighted by atomic mass is 79.9. The van der Waals surface area contributed by atoms with Crippen LogP contribution in [0, 0.1) is 22.7 Å². The highest BCUT2D eigenvalue weighted by Gasteiger charge is 2.22. The Morgan fingerprint density at radius 3 is 1.62 bits per heavy atom. The molecule has 45 heavy (non-hydrogen) atoms. The molecule has 0 spiro atoms. The van der Waals surface area contributed by atoms with E-state index in [9.17, 15) is 10.5 Å². The smallest absolute Gasteiger partial charge is 0.0991 e. The van der Waals surface area contributed by atoms with Crippen LogP contribution in [-0.4, -0.2) is 0 Å². The summed E-state index contributed by atoms with van der Waals surface area (Å²) in [4.78, 5) is 0. The predicted octanol–water partition coefficient (Wildman–Crippen LogP) is 9.95. The Morgan fingerprint density at radius 2 is 1.02 bits per heavy atom. The predicted molar refractivity (Wildman–Crippen MR) is 190 cm³/mol. The molecule has 1 aliphatic carbocycles. The minimum Gasteiger partial charge on any atom is -0.192 e. The maximum atomic E-state index is 9.49. The van der Waals surface area contributed by atoms with Gasteiger partial charge in [0.15, 0.2) is 0 Å². The number of rotatable bonds is 2. The van der Waals surface area contributed by atoms with E-state index in [0.717, 1.165) is 26.7 Å². The van der Waals surface area contributed by atoms with E-state index < -0.39 is 0 Å². The van der Waals surface area contributed by atoms with Crippen LogP contribution in [0.3, 0.4) is 0 Å².